The number of hydrogen-bond acceptors (Lipinski definition) is 4. The fraction of sp³-hybridized carbons (Fsp3) is 0.444. The largest absolute Gasteiger partial charge is 0.487 e. The Hall–Kier alpha value is -2.01. The predicted molar refractivity (Wildman–Crippen MR) is 91.4 cm³/mol. The molecule has 6 heteroatoms. The van der Waals surface area contributed by atoms with Gasteiger partial charge in [-0.05, 0) is 31.9 Å². The van der Waals surface area contributed by atoms with Crippen LogP contribution in [-0.4, -0.2) is 17.1 Å². The lowest BCUT2D eigenvalue weighted by Gasteiger charge is -2.22. The summed E-state index contributed by atoms with van der Waals surface area (Å²) in [6.45, 7) is 1.96. The Kier molecular flexibility index (Phi) is 5.41. The van der Waals surface area contributed by atoms with E-state index in [0.717, 1.165) is 25.7 Å². The fourth-order valence-electron chi connectivity index (χ4n) is 2.95. The molecule has 1 heterocycles. The van der Waals surface area contributed by atoms with Crippen LogP contribution in [0.5, 0.6) is 5.75 Å². The molecule has 1 aromatic carbocycles. The fourth-order valence-corrected chi connectivity index (χ4v) is 3.14. The number of para-hydroxylation sites is 1. The normalized spacial score (nSPS) is 15.2. The second-order valence-electron chi connectivity index (χ2n) is 6.09. The van der Waals surface area contributed by atoms with Gasteiger partial charge >= 0.3 is 0 Å². The molecule has 1 fully saturated rings. The molecule has 1 aliphatic carbocycles. The predicted octanol–water partition coefficient (Wildman–Crippen LogP) is 4.28. The number of benzene rings is 1. The molecule has 1 saturated carbocycles. The van der Waals surface area contributed by atoms with E-state index < -0.39 is 0 Å². The van der Waals surface area contributed by atoms with Gasteiger partial charge in [0.05, 0.1) is 10.6 Å². The number of aromatic nitrogens is 1. The van der Waals surface area contributed by atoms with Gasteiger partial charge in [-0.25, -0.2) is 0 Å². The summed E-state index contributed by atoms with van der Waals surface area (Å²) in [7, 11) is 0. The van der Waals surface area contributed by atoms with Crippen LogP contribution >= 0.6 is 11.6 Å². The third-order valence-electron chi connectivity index (χ3n) is 4.35. The van der Waals surface area contributed by atoms with Crippen molar-refractivity contribution in [2.75, 3.05) is 0 Å². The van der Waals surface area contributed by atoms with E-state index in [9.17, 15) is 4.79 Å². The molecule has 24 heavy (non-hydrogen) atoms. The number of carbonyl (C=O) groups excluding carboxylic acids is 1. The van der Waals surface area contributed by atoms with Crippen molar-refractivity contribution in [3.8, 4) is 5.75 Å². The van der Waals surface area contributed by atoms with Gasteiger partial charge in [0.15, 0.2) is 5.69 Å². The molecule has 3 rings (SSSR count). The number of carbonyl (C=O) groups is 1. The molecule has 128 valence electrons. The van der Waals surface area contributed by atoms with E-state index >= 15 is 0 Å². The molecule has 2 aromatic rings. The lowest BCUT2D eigenvalue weighted by molar-refractivity contribution is 0.0916. The number of hydrogen-bond donors (Lipinski definition) is 1. The van der Waals surface area contributed by atoms with Crippen LogP contribution in [0.4, 0.5) is 0 Å². The maximum Gasteiger partial charge on any atom is 0.274 e. The zero-order valence-corrected chi connectivity index (χ0v) is 14.4. The molecule has 0 bridgehead atoms. The second kappa shape index (κ2) is 7.71. The van der Waals surface area contributed by atoms with E-state index in [-0.39, 0.29) is 18.6 Å². The van der Waals surface area contributed by atoms with Crippen molar-refractivity contribution in [3.63, 3.8) is 0 Å². The topological polar surface area (TPSA) is 64.4 Å². The first-order valence-electron chi connectivity index (χ1n) is 8.28. The molecule has 0 unspecified atom stereocenters. The van der Waals surface area contributed by atoms with Gasteiger partial charge in [-0.15, -0.1) is 0 Å². The Morgan fingerprint density at radius 3 is 2.83 bits per heavy atom. The van der Waals surface area contributed by atoms with Gasteiger partial charge in [-0.3, -0.25) is 4.79 Å². The zero-order chi connectivity index (χ0) is 16.9. The van der Waals surface area contributed by atoms with Gasteiger partial charge in [0.1, 0.15) is 18.1 Å². The van der Waals surface area contributed by atoms with Gasteiger partial charge in [0, 0.05) is 6.04 Å². The second-order valence-corrected chi connectivity index (χ2v) is 6.50. The summed E-state index contributed by atoms with van der Waals surface area (Å²) in [6, 6.07) is 7.45. The van der Waals surface area contributed by atoms with E-state index in [0.29, 0.717) is 27.8 Å². The van der Waals surface area contributed by atoms with E-state index in [2.05, 4.69) is 10.5 Å². The molecule has 1 aliphatic rings. The van der Waals surface area contributed by atoms with Crippen molar-refractivity contribution in [2.24, 2.45) is 0 Å². The summed E-state index contributed by atoms with van der Waals surface area (Å²) < 4.78 is 10.9. The molecular formula is C18H21ClN2O3. The number of rotatable bonds is 5. The Labute approximate surface area is 146 Å². The first kappa shape index (κ1) is 16.8. The summed E-state index contributed by atoms with van der Waals surface area (Å²) in [5, 5.41) is 7.50. The summed E-state index contributed by atoms with van der Waals surface area (Å²) in [4.78, 5) is 12.5. The van der Waals surface area contributed by atoms with Gasteiger partial charge in [-0.1, -0.05) is 48.2 Å². The number of nitrogens with zero attached hydrogens (tertiary/aromatic N) is 1. The van der Waals surface area contributed by atoms with E-state index in [4.69, 9.17) is 20.9 Å². The standard InChI is InChI=1S/C18H21ClN2O3/c1-12-14(11-23-16-10-6-5-9-15(16)19)17(21-24-12)18(22)20-13-7-3-2-4-8-13/h5-6,9-10,13H,2-4,7-8,11H2,1H3,(H,20,22). The van der Waals surface area contributed by atoms with Crippen LogP contribution in [0.1, 0.15) is 53.9 Å². The van der Waals surface area contributed by atoms with Crippen LogP contribution in [0.25, 0.3) is 0 Å². The SMILES string of the molecule is Cc1onc(C(=O)NC2CCCCC2)c1COc1ccccc1Cl. The quantitative estimate of drug-likeness (QED) is 0.876. The first-order valence-corrected chi connectivity index (χ1v) is 8.66. The Morgan fingerprint density at radius 2 is 2.08 bits per heavy atom. The molecule has 1 aromatic heterocycles. The molecule has 1 amide bonds. The van der Waals surface area contributed by atoms with Gasteiger partial charge in [0.25, 0.3) is 5.91 Å². The molecule has 0 radical (unpaired) electrons. The van der Waals surface area contributed by atoms with Crippen LogP contribution in [0.3, 0.4) is 0 Å². The van der Waals surface area contributed by atoms with E-state index in [1.165, 1.54) is 6.42 Å². The smallest absolute Gasteiger partial charge is 0.274 e. The highest BCUT2D eigenvalue weighted by Crippen LogP contribution is 2.25. The maximum atomic E-state index is 12.5. The van der Waals surface area contributed by atoms with Gasteiger partial charge in [0.2, 0.25) is 0 Å². The highest BCUT2D eigenvalue weighted by Gasteiger charge is 2.23. The van der Waals surface area contributed by atoms with Crippen LogP contribution in [0, 0.1) is 6.92 Å². The maximum absolute atomic E-state index is 12.5. The number of amides is 1. The Balaban J connectivity index is 1.69. The van der Waals surface area contributed by atoms with Crippen molar-refractivity contribution in [1.82, 2.24) is 10.5 Å². The average Bonchev–Trinajstić information content (AvgIpc) is 2.96. The third-order valence-corrected chi connectivity index (χ3v) is 4.66. The third kappa shape index (κ3) is 3.90. The van der Waals surface area contributed by atoms with Crippen molar-refractivity contribution in [1.29, 1.82) is 0 Å². The highest BCUT2D eigenvalue weighted by molar-refractivity contribution is 6.32. The molecule has 0 spiro atoms. The van der Waals surface area contributed by atoms with E-state index in [1.807, 2.05) is 12.1 Å². The molecule has 1 N–H and O–H groups in total. The minimum Gasteiger partial charge on any atom is -0.487 e. The minimum absolute atomic E-state index is 0.187. The lowest BCUT2D eigenvalue weighted by atomic mass is 9.95. The summed E-state index contributed by atoms with van der Waals surface area (Å²) in [5.41, 5.74) is 0.952. The number of aryl methyl sites for hydroxylation is 1. The lowest BCUT2D eigenvalue weighted by Crippen LogP contribution is -2.36. The van der Waals surface area contributed by atoms with Crippen LogP contribution in [-0.2, 0) is 6.61 Å². The molecule has 0 aliphatic heterocycles. The Bertz CT molecular complexity index is 708. The molecular weight excluding hydrogens is 328 g/mol. The van der Waals surface area contributed by atoms with Crippen LogP contribution in [0.2, 0.25) is 5.02 Å². The average molecular weight is 349 g/mol. The number of nitrogens with one attached hydrogen (secondary N) is 1. The molecule has 0 saturated heterocycles. The van der Waals surface area contributed by atoms with Crippen LogP contribution in [0.15, 0.2) is 28.8 Å². The van der Waals surface area contributed by atoms with E-state index in [1.54, 1.807) is 19.1 Å². The summed E-state index contributed by atoms with van der Waals surface area (Å²) in [6.07, 6.45) is 5.60. The van der Waals surface area contributed by atoms with Crippen LogP contribution < -0.4 is 10.1 Å². The monoisotopic (exact) mass is 348 g/mol. The molecule has 0 atom stereocenters. The molecule has 5 nitrogen and oxygen atoms in total. The van der Waals surface area contributed by atoms with Crippen molar-refractivity contribution in [2.45, 2.75) is 51.7 Å². The van der Waals surface area contributed by atoms with Crippen molar-refractivity contribution < 1.29 is 14.1 Å². The summed E-state index contributed by atoms with van der Waals surface area (Å²) >= 11 is 6.09. The zero-order valence-electron chi connectivity index (χ0n) is 13.7. The number of ether oxygens (including phenoxy) is 1. The number of halogens is 1. The summed E-state index contributed by atoms with van der Waals surface area (Å²) in [5.74, 6) is 0.950. The minimum atomic E-state index is -0.198. The first-order chi connectivity index (χ1) is 11.6. The van der Waals surface area contributed by atoms with Crippen molar-refractivity contribution >= 4 is 17.5 Å². The van der Waals surface area contributed by atoms with Crippen molar-refractivity contribution in [3.05, 3.63) is 46.3 Å². The van der Waals surface area contributed by atoms with Gasteiger partial charge in [-0.2, -0.15) is 0 Å². The highest BCUT2D eigenvalue weighted by atomic mass is 35.5. The van der Waals surface area contributed by atoms with Gasteiger partial charge < -0.3 is 14.6 Å². The Morgan fingerprint density at radius 1 is 1.33 bits per heavy atom.